The summed E-state index contributed by atoms with van der Waals surface area (Å²) in [5, 5.41) is 4.49. The van der Waals surface area contributed by atoms with Crippen LogP contribution in [0.5, 0.6) is 0 Å². The van der Waals surface area contributed by atoms with Crippen molar-refractivity contribution in [2.24, 2.45) is 0 Å². The molecule has 1 aliphatic carbocycles. The molecule has 0 bridgehead atoms. The van der Waals surface area contributed by atoms with Gasteiger partial charge in [-0.1, -0.05) is 35.3 Å². The maximum Gasteiger partial charge on any atom is 0.138 e. The molecule has 1 aliphatic rings. The smallest absolute Gasteiger partial charge is 0.138 e. The Hall–Kier alpha value is -1.32. The van der Waals surface area contributed by atoms with E-state index in [-0.39, 0.29) is 0 Å². The minimum Gasteiger partial charge on any atom is -0.338 e. The first-order chi connectivity index (χ1) is 9.56. The summed E-state index contributed by atoms with van der Waals surface area (Å²) < 4.78 is 0. The molecule has 3 nitrogen and oxygen atoms in total. The van der Waals surface area contributed by atoms with E-state index in [0.29, 0.717) is 16.1 Å². The van der Waals surface area contributed by atoms with Crippen molar-refractivity contribution in [3.63, 3.8) is 0 Å². The van der Waals surface area contributed by atoms with Gasteiger partial charge in [0.15, 0.2) is 0 Å². The van der Waals surface area contributed by atoms with Crippen LogP contribution in [0.1, 0.15) is 35.7 Å². The standard InChI is InChI=1S/C15H15Cl2N3/c1-8-4-3-5-11(16)12(8)18-14-9(2)13(17)19-15(20-14)10-6-7-10/h3-5,10H,6-7H2,1-2H3,(H,18,19,20). The molecule has 1 aromatic heterocycles. The number of hydrogen-bond donors (Lipinski definition) is 1. The molecular formula is C15H15Cl2N3. The first-order valence-electron chi connectivity index (χ1n) is 6.62. The number of para-hydroxylation sites is 1. The third-order valence-electron chi connectivity index (χ3n) is 3.51. The second-order valence-electron chi connectivity index (χ2n) is 5.18. The Kier molecular flexibility index (Phi) is 3.57. The molecule has 1 heterocycles. The van der Waals surface area contributed by atoms with E-state index in [0.717, 1.165) is 41.3 Å². The Bertz CT molecular complexity index is 646. The predicted molar refractivity (Wildman–Crippen MR) is 83.2 cm³/mol. The van der Waals surface area contributed by atoms with Gasteiger partial charge in [0.2, 0.25) is 0 Å². The normalized spacial score (nSPS) is 14.4. The summed E-state index contributed by atoms with van der Waals surface area (Å²) in [7, 11) is 0. The highest BCUT2D eigenvalue weighted by atomic mass is 35.5. The molecule has 2 aromatic rings. The van der Waals surface area contributed by atoms with Crippen molar-refractivity contribution in [2.75, 3.05) is 5.32 Å². The summed E-state index contributed by atoms with van der Waals surface area (Å²) in [4.78, 5) is 8.97. The monoisotopic (exact) mass is 307 g/mol. The molecule has 0 radical (unpaired) electrons. The van der Waals surface area contributed by atoms with Crippen molar-refractivity contribution in [3.8, 4) is 0 Å². The van der Waals surface area contributed by atoms with Crippen molar-refractivity contribution in [1.82, 2.24) is 9.97 Å². The fourth-order valence-electron chi connectivity index (χ4n) is 2.06. The van der Waals surface area contributed by atoms with Crippen LogP contribution in [0, 0.1) is 13.8 Å². The molecule has 5 heteroatoms. The number of rotatable bonds is 3. The molecule has 0 spiro atoms. The SMILES string of the molecule is Cc1cccc(Cl)c1Nc1nc(C2CC2)nc(Cl)c1C. The van der Waals surface area contributed by atoms with Gasteiger partial charge in [0.05, 0.1) is 10.7 Å². The lowest BCUT2D eigenvalue weighted by molar-refractivity contribution is 0.921. The zero-order valence-corrected chi connectivity index (χ0v) is 12.9. The van der Waals surface area contributed by atoms with Gasteiger partial charge in [0, 0.05) is 11.5 Å². The lowest BCUT2D eigenvalue weighted by Crippen LogP contribution is -2.04. The molecule has 1 N–H and O–H groups in total. The van der Waals surface area contributed by atoms with E-state index in [4.69, 9.17) is 23.2 Å². The van der Waals surface area contributed by atoms with E-state index in [9.17, 15) is 0 Å². The molecule has 20 heavy (non-hydrogen) atoms. The molecule has 0 aliphatic heterocycles. The zero-order valence-electron chi connectivity index (χ0n) is 11.4. The minimum atomic E-state index is 0.459. The number of benzene rings is 1. The third kappa shape index (κ3) is 2.60. The molecule has 0 unspecified atom stereocenters. The molecule has 0 atom stereocenters. The number of hydrogen-bond acceptors (Lipinski definition) is 3. The van der Waals surface area contributed by atoms with Crippen LogP contribution in [0.4, 0.5) is 11.5 Å². The van der Waals surface area contributed by atoms with E-state index >= 15 is 0 Å². The van der Waals surface area contributed by atoms with Crippen molar-refractivity contribution in [3.05, 3.63) is 45.3 Å². The molecule has 1 aromatic carbocycles. The number of halogens is 2. The number of anilines is 2. The van der Waals surface area contributed by atoms with Crippen LogP contribution in [-0.2, 0) is 0 Å². The van der Waals surface area contributed by atoms with E-state index in [2.05, 4.69) is 15.3 Å². The number of aromatic nitrogens is 2. The van der Waals surface area contributed by atoms with Gasteiger partial charge in [0.25, 0.3) is 0 Å². The van der Waals surface area contributed by atoms with Crippen LogP contribution >= 0.6 is 23.2 Å². The van der Waals surface area contributed by atoms with Crippen molar-refractivity contribution in [2.45, 2.75) is 32.6 Å². The van der Waals surface area contributed by atoms with Gasteiger partial charge in [-0.05, 0) is 38.3 Å². The Labute approximate surface area is 128 Å². The van der Waals surface area contributed by atoms with Crippen LogP contribution in [0.25, 0.3) is 0 Å². The van der Waals surface area contributed by atoms with Gasteiger partial charge in [0.1, 0.15) is 16.8 Å². The largest absolute Gasteiger partial charge is 0.338 e. The first kappa shape index (κ1) is 13.7. The zero-order chi connectivity index (χ0) is 14.3. The maximum absolute atomic E-state index is 6.25. The molecular weight excluding hydrogens is 293 g/mol. The lowest BCUT2D eigenvalue weighted by Gasteiger charge is -2.14. The van der Waals surface area contributed by atoms with Gasteiger partial charge >= 0.3 is 0 Å². The molecule has 3 rings (SSSR count). The number of nitrogens with zero attached hydrogens (tertiary/aromatic N) is 2. The van der Waals surface area contributed by atoms with Gasteiger partial charge in [-0.15, -0.1) is 0 Å². The molecule has 104 valence electrons. The van der Waals surface area contributed by atoms with Gasteiger partial charge < -0.3 is 5.32 Å². The third-order valence-corrected chi connectivity index (χ3v) is 4.19. The van der Waals surface area contributed by atoms with E-state index in [1.165, 1.54) is 0 Å². The van der Waals surface area contributed by atoms with Crippen LogP contribution < -0.4 is 5.32 Å². The number of nitrogens with one attached hydrogen (secondary N) is 1. The fourth-order valence-corrected chi connectivity index (χ4v) is 2.51. The fraction of sp³-hybridized carbons (Fsp3) is 0.333. The lowest BCUT2D eigenvalue weighted by atomic mass is 10.2. The quantitative estimate of drug-likeness (QED) is 0.809. The number of aryl methyl sites for hydroxylation is 1. The molecule has 1 saturated carbocycles. The average Bonchev–Trinajstić information content (AvgIpc) is 3.23. The molecule has 1 fully saturated rings. The summed E-state index contributed by atoms with van der Waals surface area (Å²) in [6.07, 6.45) is 2.29. The second kappa shape index (κ2) is 5.23. The van der Waals surface area contributed by atoms with Crippen LogP contribution in [-0.4, -0.2) is 9.97 Å². The van der Waals surface area contributed by atoms with Crippen LogP contribution in [0.15, 0.2) is 18.2 Å². The van der Waals surface area contributed by atoms with Crippen molar-refractivity contribution in [1.29, 1.82) is 0 Å². The highest BCUT2D eigenvalue weighted by Crippen LogP contribution is 2.40. The Balaban J connectivity index is 2.01. The minimum absolute atomic E-state index is 0.459. The van der Waals surface area contributed by atoms with Crippen LogP contribution in [0.3, 0.4) is 0 Å². The summed E-state index contributed by atoms with van der Waals surface area (Å²) >= 11 is 12.5. The van der Waals surface area contributed by atoms with Crippen molar-refractivity contribution >= 4 is 34.7 Å². The van der Waals surface area contributed by atoms with E-state index < -0.39 is 0 Å². The van der Waals surface area contributed by atoms with E-state index in [1.807, 2.05) is 32.0 Å². The summed E-state index contributed by atoms with van der Waals surface area (Å²) in [5.41, 5.74) is 2.78. The Morgan fingerprint density at radius 3 is 2.55 bits per heavy atom. The Morgan fingerprint density at radius 2 is 1.90 bits per heavy atom. The average molecular weight is 308 g/mol. The van der Waals surface area contributed by atoms with Gasteiger partial charge in [-0.25, -0.2) is 9.97 Å². The predicted octanol–water partition coefficient (Wildman–Crippen LogP) is 5.02. The highest BCUT2D eigenvalue weighted by Gasteiger charge is 2.28. The second-order valence-corrected chi connectivity index (χ2v) is 5.94. The first-order valence-corrected chi connectivity index (χ1v) is 7.38. The van der Waals surface area contributed by atoms with Crippen LogP contribution in [0.2, 0.25) is 10.2 Å². The molecule has 0 saturated heterocycles. The Morgan fingerprint density at radius 1 is 1.15 bits per heavy atom. The van der Waals surface area contributed by atoms with Gasteiger partial charge in [-0.3, -0.25) is 0 Å². The summed E-state index contributed by atoms with van der Waals surface area (Å²) in [6, 6.07) is 5.79. The van der Waals surface area contributed by atoms with E-state index in [1.54, 1.807) is 0 Å². The maximum atomic E-state index is 6.25. The topological polar surface area (TPSA) is 37.8 Å². The van der Waals surface area contributed by atoms with Gasteiger partial charge in [-0.2, -0.15) is 0 Å². The summed E-state index contributed by atoms with van der Waals surface area (Å²) in [6.45, 7) is 3.92. The summed E-state index contributed by atoms with van der Waals surface area (Å²) in [5.74, 6) is 2.02. The highest BCUT2D eigenvalue weighted by molar-refractivity contribution is 6.33. The molecule has 0 amide bonds. The van der Waals surface area contributed by atoms with Crippen molar-refractivity contribution < 1.29 is 0 Å².